The molecule has 0 bridgehead atoms. The van der Waals surface area contributed by atoms with Crippen molar-refractivity contribution in [3.63, 3.8) is 0 Å². The zero-order chi connectivity index (χ0) is 15.8. The second-order valence-corrected chi connectivity index (χ2v) is 7.20. The third-order valence-electron chi connectivity index (χ3n) is 5.57. The van der Waals surface area contributed by atoms with Gasteiger partial charge in [-0.05, 0) is 56.7 Å². The van der Waals surface area contributed by atoms with Gasteiger partial charge in [0.2, 0.25) is 5.89 Å². The normalized spacial score (nSPS) is 30.0. The number of fused-ring (bicyclic) bond motifs is 1. The summed E-state index contributed by atoms with van der Waals surface area (Å²) in [5, 5.41) is 9.77. The fraction of sp³-hybridized carbons (Fsp3) is 0.526. The molecule has 1 heterocycles. The lowest BCUT2D eigenvalue weighted by Crippen LogP contribution is -2.30. The van der Waals surface area contributed by atoms with Gasteiger partial charge in [-0.25, -0.2) is 4.98 Å². The summed E-state index contributed by atoms with van der Waals surface area (Å²) in [5.74, 6) is 2.13. The van der Waals surface area contributed by atoms with Gasteiger partial charge in [0.15, 0.2) is 0 Å². The van der Waals surface area contributed by atoms with Crippen molar-refractivity contribution in [2.24, 2.45) is 11.8 Å². The van der Waals surface area contributed by atoms with Crippen LogP contribution in [0.15, 0.2) is 41.0 Å². The molecule has 0 spiro atoms. The van der Waals surface area contributed by atoms with Crippen LogP contribution in [0.1, 0.15) is 31.4 Å². The van der Waals surface area contributed by atoms with Crippen molar-refractivity contribution >= 4 is 0 Å². The maximum Gasteiger partial charge on any atom is 0.226 e. The third-order valence-corrected chi connectivity index (χ3v) is 5.57. The van der Waals surface area contributed by atoms with Gasteiger partial charge in [-0.3, -0.25) is 4.90 Å². The van der Waals surface area contributed by atoms with Crippen LogP contribution in [-0.2, 0) is 6.54 Å². The Morgan fingerprint density at radius 2 is 1.83 bits per heavy atom. The standard InChI is InChI=1S/C19H24N2O2/c1-21(17-7-14-9-18(22)10-15(14)8-17)11-16-12-23-19(20-16)13-5-3-2-4-6-13/h2-6,12,14-15,17-18,22H,7-11H2,1H3/t14-,15+,17?,18?. The van der Waals surface area contributed by atoms with Crippen LogP contribution in [0.4, 0.5) is 0 Å². The second kappa shape index (κ2) is 6.10. The summed E-state index contributed by atoms with van der Waals surface area (Å²) in [6.45, 7) is 0.822. The molecule has 0 aliphatic heterocycles. The Bertz CT molecular complexity index is 640. The van der Waals surface area contributed by atoms with Gasteiger partial charge in [0.25, 0.3) is 0 Å². The summed E-state index contributed by atoms with van der Waals surface area (Å²) in [6.07, 6.45) is 6.13. The van der Waals surface area contributed by atoms with Crippen molar-refractivity contribution < 1.29 is 9.52 Å². The molecule has 0 radical (unpaired) electrons. The molecule has 2 aliphatic rings. The van der Waals surface area contributed by atoms with Gasteiger partial charge in [-0.15, -0.1) is 0 Å². The minimum Gasteiger partial charge on any atom is -0.444 e. The minimum atomic E-state index is -0.0553. The molecular weight excluding hydrogens is 288 g/mol. The number of aromatic nitrogens is 1. The van der Waals surface area contributed by atoms with E-state index < -0.39 is 0 Å². The van der Waals surface area contributed by atoms with E-state index in [2.05, 4.69) is 16.9 Å². The summed E-state index contributed by atoms with van der Waals surface area (Å²) in [7, 11) is 2.18. The Morgan fingerprint density at radius 1 is 1.13 bits per heavy atom. The molecule has 2 saturated carbocycles. The van der Waals surface area contributed by atoms with Gasteiger partial charge in [-0.2, -0.15) is 0 Å². The van der Waals surface area contributed by atoms with Crippen LogP contribution < -0.4 is 0 Å². The van der Waals surface area contributed by atoms with E-state index in [0.717, 1.165) is 42.5 Å². The zero-order valence-electron chi connectivity index (χ0n) is 13.6. The molecule has 2 unspecified atom stereocenters. The van der Waals surface area contributed by atoms with E-state index in [9.17, 15) is 5.11 Å². The first-order valence-corrected chi connectivity index (χ1v) is 8.57. The summed E-state index contributed by atoms with van der Waals surface area (Å²) < 4.78 is 5.63. The Labute approximate surface area is 137 Å². The molecule has 2 aromatic rings. The van der Waals surface area contributed by atoms with Crippen LogP contribution in [-0.4, -0.2) is 34.2 Å². The van der Waals surface area contributed by atoms with Crippen molar-refractivity contribution in [1.82, 2.24) is 9.88 Å². The van der Waals surface area contributed by atoms with Gasteiger partial charge < -0.3 is 9.52 Å². The topological polar surface area (TPSA) is 49.5 Å². The number of benzene rings is 1. The van der Waals surface area contributed by atoms with E-state index in [0.29, 0.717) is 11.9 Å². The summed E-state index contributed by atoms with van der Waals surface area (Å²) in [4.78, 5) is 7.03. The van der Waals surface area contributed by atoms with E-state index in [1.807, 2.05) is 30.3 Å². The van der Waals surface area contributed by atoms with Crippen LogP contribution in [0.25, 0.3) is 11.5 Å². The smallest absolute Gasteiger partial charge is 0.226 e. The Hall–Kier alpha value is -1.65. The number of hydrogen-bond acceptors (Lipinski definition) is 4. The lowest BCUT2D eigenvalue weighted by Gasteiger charge is -2.24. The van der Waals surface area contributed by atoms with Crippen LogP contribution in [0, 0.1) is 11.8 Å². The van der Waals surface area contributed by atoms with E-state index in [4.69, 9.17) is 4.42 Å². The Kier molecular flexibility index (Phi) is 3.95. The summed E-state index contributed by atoms with van der Waals surface area (Å²) in [6, 6.07) is 10.6. The number of rotatable bonds is 4. The molecule has 4 atom stereocenters. The zero-order valence-corrected chi connectivity index (χ0v) is 13.6. The Morgan fingerprint density at radius 3 is 2.52 bits per heavy atom. The quantitative estimate of drug-likeness (QED) is 0.941. The first-order valence-electron chi connectivity index (χ1n) is 8.57. The second-order valence-electron chi connectivity index (χ2n) is 7.20. The van der Waals surface area contributed by atoms with E-state index in [1.54, 1.807) is 6.26 Å². The number of oxazole rings is 1. The number of hydrogen-bond donors (Lipinski definition) is 1. The SMILES string of the molecule is CN(Cc1coc(-c2ccccc2)n1)C1C[C@H]2CC(O)C[C@H]2C1. The average Bonchev–Trinajstić information content (AvgIpc) is 3.22. The monoisotopic (exact) mass is 312 g/mol. The highest BCUT2D eigenvalue weighted by Gasteiger charge is 2.42. The number of aliphatic hydroxyl groups is 1. The maximum atomic E-state index is 9.77. The molecule has 2 fully saturated rings. The van der Waals surface area contributed by atoms with Gasteiger partial charge >= 0.3 is 0 Å². The van der Waals surface area contributed by atoms with Crippen LogP contribution in [0.5, 0.6) is 0 Å². The molecular formula is C19H24N2O2. The lowest BCUT2D eigenvalue weighted by atomic mass is 10.0. The highest BCUT2D eigenvalue weighted by molar-refractivity contribution is 5.52. The molecule has 23 heavy (non-hydrogen) atoms. The lowest BCUT2D eigenvalue weighted by molar-refractivity contribution is 0.157. The van der Waals surface area contributed by atoms with Crippen LogP contribution in [0.3, 0.4) is 0 Å². The molecule has 122 valence electrons. The van der Waals surface area contributed by atoms with E-state index in [-0.39, 0.29) is 6.10 Å². The molecule has 0 amide bonds. The first kappa shape index (κ1) is 14.9. The molecule has 1 N–H and O–H groups in total. The van der Waals surface area contributed by atoms with Crippen molar-refractivity contribution in [2.45, 2.75) is 44.4 Å². The van der Waals surface area contributed by atoms with Crippen LogP contribution >= 0.6 is 0 Å². The van der Waals surface area contributed by atoms with Crippen molar-refractivity contribution in [3.05, 3.63) is 42.3 Å². The molecule has 2 aliphatic carbocycles. The highest BCUT2D eigenvalue weighted by Crippen LogP contribution is 2.45. The predicted octanol–water partition coefficient (Wildman–Crippen LogP) is 3.32. The van der Waals surface area contributed by atoms with E-state index >= 15 is 0 Å². The molecule has 1 aromatic carbocycles. The molecule has 4 rings (SSSR count). The predicted molar refractivity (Wildman–Crippen MR) is 88.6 cm³/mol. The number of aliphatic hydroxyl groups excluding tert-OH is 1. The van der Waals surface area contributed by atoms with Crippen molar-refractivity contribution in [3.8, 4) is 11.5 Å². The molecule has 4 nitrogen and oxygen atoms in total. The van der Waals surface area contributed by atoms with Gasteiger partial charge in [0.1, 0.15) is 6.26 Å². The van der Waals surface area contributed by atoms with Crippen LogP contribution in [0.2, 0.25) is 0 Å². The van der Waals surface area contributed by atoms with Gasteiger partial charge in [0, 0.05) is 18.2 Å². The molecule has 1 aromatic heterocycles. The fourth-order valence-corrected chi connectivity index (χ4v) is 4.39. The van der Waals surface area contributed by atoms with Crippen molar-refractivity contribution in [1.29, 1.82) is 0 Å². The highest BCUT2D eigenvalue weighted by atomic mass is 16.3. The fourth-order valence-electron chi connectivity index (χ4n) is 4.39. The van der Waals surface area contributed by atoms with Gasteiger partial charge in [-0.1, -0.05) is 18.2 Å². The van der Waals surface area contributed by atoms with Crippen molar-refractivity contribution in [2.75, 3.05) is 7.05 Å². The third kappa shape index (κ3) is 3.06. The molecule has 4 heteroatoms. The number of nitrogens with zero attached hydrogens (tertiary/aromatic N) is 2. The Balaban J connectivity index is 1.38. The van der Waals surface area contributed by atoms with E-state index in [1.165, 1.54) is 12.8 Å². The summed E-state index contributed by atoms with van der Waals surface area (Å²) in [5.41, 5.74) is 2.01. The summed E-state index contributed by atoms with van der Waals surface area (Å²) >= 11 is 0. The largest absolute Gasteiger partial charge is 0.444 e. The minimum absolute atomic E-state index is 0.0553. The first-order chi connectivity index (χ1) is 11.2. The van der Waals surface area contributed by atoms with Gasteiger partial charge in [0.05, 0.1) is 11.8 Å². The average molecular weight is 312 g/mol. The molecule has 0 saturated heterocycles. The maximum absolute atomic E-state index is 9.77.